The number of aromatic hydroxyl groups is 2. The molecule has 7 aromatic rings. The first-order chi connectivity index (χ1) is 46.1. The predicted octanol–water partition coefficient (Wildman–Crippen LogP) is 13.5. The molecule has 0 spiro atoms. The van der Waals surface area contributed by atoms with E-state index in [0.717, 1.165) is 72.5 Å². The van der Waals surface area contributed by atoms with Crippen molar-refractivity contribution in [1.29, 1.82) is 0 Å². The van der Waals surface area contributed by atoms with Crippen LogP contribution in [0.5, 0.6) is 17.2 Å². The van der Waals surface area contributed by atoms with Crippen LogP contribution in [0.25, 0.3) is 20.9 Å². The van der Waals surface area contributed by atoms with Crippen molar-refractivity contribution in [3.05, 3.63) is 153 Å². The number of nitrogens with two attached hydrogens (primary N) is 1. The zero-order chi connectivity index (χ0) is 71.7. The number of nitro benzene ring substituents is 1. The lowest BCUT2D eigenvalue weighted by Gasteiger charge is -2.28. The van der Waals surface area contributed by atoms with Gasteiger partial charge in [0.15, 0.2) is 0 Å². The van der Waals surface area contributed by atoms with Gasteiger partial charge in [0.2, 0.25) is 20.0 Å². The molecule has 0 saturated heterocycles. The first kappa shape index (κ1) is 76.6. The van der Waals surface area contributed by atoms with Crippen LogP contribution in [0.1, 0.15) is 154 Å². The molecule has 5 aromatic carbocycles. The Morgan fingerprint density at radius 1 is 0.592 bits per heavy atom. The largest absolute Gasteiger partial charge is 0.508 e. The fourth-order valence-electron chi connectivity index (χ4n) is 10.5. The average molecular weight is 1430 g/mol. The number of amides is 5. The topological polar surface area (TPSA) is 384 Å². The Kier molecular flexibility index (Phi) is 26.7. The highest BCUT2D eigenvalue weighted by atomic mass is 32.2. The van der Waals surface area contributed by atoms with Crippen LogP contribution in [0.3, 0.4) is 0 Å². The minimum Gasteiger partial charge on any atom is -0.508 e. The zero-order valence-corrected chi connectivity index (χ0v) is 59.6. The summed E-state index contributed by atoms with van der Waals surface area (Å²) in [6.07, 6.45) is 7.76. The van der Waals surface area contributed by atoms with Gasteiger partial charge in [0.25, 0.3) is 5.69 Å². The second-order valence-electron chi connectivity index (χ2n) is 26.2. The third-order valence-corrected chi connectivity index (χ3v) is 20.8. The van der Waals surface area contributed by atoms with E-state index >= 15 is 0 Å². The molecule has 2 aliphatic carbocycles. The van der Waals surface area contributed by atoms with Gasteiger partial charge in [0.05, 0.1) is 46.7 Å². The molecule has 0 bridgehead atoms. The van der Waals surface area contributed by atoms with Crippen LogP contribution in [0, 0.1) is 10.1 Å². The molecule has 0 atom stereocenters. The number of hydrogen-bond donors (Lipinski definition) is 10. The molecule has 0 radical (unpaired) electrons. The summed E-state index contributed by atoms with van der Waals surface area (Å²) in [5, 5.41) is 44.8. The van der Waals surface area contributed by atoms with E-state index in [2.05, 4.69) is 46.0 Å². The summed E-state index contributed by atoms with van der Waals surface area (Å²) in [6.45, 7) is 18.5. The lowest BCUT2D eigenvalue weighted by Crippen LogP contribution is -2.40. The summed E-state index contributed by atoms with van der Waals surface area (Å²) < 4.78 is 75.4. The molecule has 528 valence electrons. The molecule has 2 aliphatic rings. The van der Waals surface area contributed by atoms with E-state index in [1.54, 1.807) is 128 Å². The number of phenolic OH excluding ortho intramolecular Hbond substituents is 2. The Balaban J connectivity index is 0.000000244. The van der Waals surface area contributed by atoms with Gasteiger partial charge in [-0.25, -0.2) is 55.4 Å². The summed E-state index contributed by atoms with van der Waals surface area (Å²) in [5.41, 5.74) is 6.90. The number of aromatic nitrogens is 2. The summed E-state index contributed by atoms with van der Waals surface area (Å²) >= 11 is 2.87. The maximum absolute atomic E-state index is 13.6. The van der Waals surface area contributed by atoms with Crippen molar-refractivity contribution < 1.29 is 65.4 Å². The maximum Gasteiger partial charge on any atom is 0.417 e. The molecular weight excluding hydrogens is 1340 g/mol. The second kappa shape index (κ2) is 34.1. The molecule has 0 unspecified atom stereocenters. The number of hydrogen-bond acceptors (Lipinski definition) is 20. The minimum absolute atomic E-state index is 0.0271. The fraction of sp³-hybridized carbons (Fsp3) is 0.412. The lowest BCUT2D eigenvalue weighted by molar-refractivity contribution is -0.384. The molecule has 0 aliphatic heterocycles. The van der Waals surface area contributed by atoms with Crippen molar-refractivity contribution in [1.82, 2.24) is 35.4 Å². The van der Waals surface area contributed by atoms with Gasteiger partial charge in [-0.1, -0.05) is 36.4 Å². The molecular formula is C68H87N11O15S4. The molecule has 9 rings (SSSR count). The normalized spacial score (nSPS) is 16.4. The standard InChI is InChI=1S/C31H41N5O6S2.C30H37N5O8S2.C7H9NO/c1-19(2)42-30(39)35-22-10-8-21(9-11-22)28-32-18-26(43-28)25-15-12-23(16-27(25)44(40,41)36-31(3,4)5)34-29(38)33-17-20-6-13-24(37)14-7-20;1-18(2)42-28(36)32-20-8-6-19(7-9-20)27-31-17-25(44-27)24-15-10-21(16-26(24)45(40,41)34-30(3,4)5)33-29(37)43-23-13-11-22(12-14-23)35(38)39;8-5-6-1-3-7(9)4-2-6/h6-7,12-16,18-19,21-22,36-37H,8-11,17H2,1-5H3,(H,35,39)(H2,33,34,38);10-20,34H,6-9H2,1-5H3,(H,32,36)(H,33,37);1-4,9H,5,8H2. The molecule has 5 amide bonds. The number of carbonyl (C=O) groups excluding carboxylic acids is 4. The van der Waals surface area contributed by atoms with Gasteiger partial charge in [-0.05, 0) is 192 Å². The van der Waals surface area contributed by atoms with E-state index in [4.69, 9.17) is 25.1 Å². The van der Waals surface area contributed by atoms with Gasteiger partial charge in [-0.3, -0.25) is 15.4 Å². The number of rotatable bonds is 19. The Bertz CT molecular complexity index is 4080. The summed E-state index contributed by atoms with van der Waals surface area (Å²) in [6, 6.07) is 27.2. The van der Waals surface area contributed by atoms with E-state index in [1.807, 2.05) is 13.8 Å². The van der Waals surface area contributed by atoms with Crippen LogP contribution in [-0.2, 0) is 42.6 Å². The third-order valence-electron chi connectivity index (χ3n) is 14.8. The smallest absolute Gasteiger partial charge is 0.417 e. The summed E-state index contributed by atoms with van der Waals surface area (Å²) in [5.74, 6) is 0.876. The third kappa shape index (κ3) is 24.0. The molecule has 26 nitrogen and oxygen atoms in total. The van der Waals surface area contributed by atoms with Gasteiger partial charge < -0.3 is 51.4 Å². The molecule has 2 fully saturated rings. The molecule has 98 heavy (non-hydrogen) atoms. The first-order valence-electron chi connectivity index (χ1n) is 31.9. The minimum atomic E-state index is -4.05. The van der Waals surface area contributed by atoms with Gasteiger partial charge >= 0.3 is 24.3 Å². The van der Waals surface area contributed by atoms with Crippen molar-refractivity contribution >= 4 is 84.1 Å². The number of sulfonamides is 2. The molecule has 11 N–H and O–H groups in total. The van der Waals surface area contributed by atoms with Crippen molar-refractivity contribution in [2.75, 3.05) is 10.6 Å². The average Bonchev–Trinajstić information content (AvgIpc) is 1.25. The molecule has 2 saturated carbocycles. The number of phenols is 2. The molecule has 2 heterocycles. The Labute approximate surface area is 579 Å². The Morgan fingerprint density at radius 3 is 1.39 bits per heavy atom. The Morgan fingerprint density at radius 2 is 1.00 bits per heavy atom. The predicted molar refractivity (Wildman–Crippen MR) is 377 cm³/mol. The van der Waals surface area contributed by atoms with Crippen LogP contribution < -0.4 is 46.5 Å². The molecule has 30 heteroatoms. The van der Waals surface area contributed by atoms with Crippen molar-refractivity contribution in [3.8, 4) is 38.1 Å². The fourth-order valence-corrected chi connectivity index (χ4v) is 16.2. The SMILES string of the molecule is CC(C)OC(=O)NC1CCC(c2ncc(-c3ccc(NC(=O)NCc4ccc(O)cc4)cc3S(=O)(=O)NC(C)(C)C)s2)CC1.CC(C)OC(=O)NC1CCC(c2ncc(-c3ccc(NC(=O)Oc4ccc([N+](=O)[O-])cc4)cc3S(=O)(=O)NC(C)(C)C)s2)CC1.NCc1ccc(O)cc1. The molecule has 2 aromatic heterocycles. The highest BCUT2D eigenvalue weighted by molar-refractivity contribution is 7.90. The number of benzene rings is 5. The van der Waals surface area contributed by atoms with E-state index in [-0.39, 0.29) is 81.1 Å². The van der Waals surface area contributed by atoms with Crippen LogP contribution in [0.4, 0.5) is 36.2 Å². The van der Waals surface area contributed by atoms with Gasteiger partial charge in [0.1, 0.15) is 17.2 Å². The first-order valence-corrected chi connectivity index (χ1v) is 36.5. The number of thiazole rings is 2. The van der Waals surface area contributed by atoms with Gasteiger partial charge in [-0.2, -0.15) is 0 Å². The van der Waals surface area contributed by atoms with Crippen molar-refractivity contribution in [2.24, 2.45) is 5.73 Å². The quantitative estimate of drug-likeness (QED) is 0.0265. The maximum atomic E-state index is 13.6. The van der Waals surface area contributed by atoms with Gasteiger partial charge in [-0.15, -0.1) is 22.7 Å². The number of urea groups is 1. The number of nitrogens with zero attached hydrogens (tertiary/aromatic N) is 3. The van der Waals surface area contributed by atoms with Crippen molar-refractivity contribution in [2.45, 2.75) is 191 Å². The number of alkyl carbamates (subject to hydrolysis) is 2. The van der Waals surface area contributed by atoms with E-state index < -0.39 is 60.4 Å². The zero-order valence-electron chi connectivity index (χ0n) is 56.3. The van der Waals surface area contributed by atoms with Crippen LogP contribution >= 0.6 is 22.7 Å². The second-order valence-corrected chi connectivity index (χ2v) is 31.6. The lowest BCUT2D eigenvalue weighted by atomic mass is 9.86. The Hall–Kier alpha value is -8.78. The number of ether oxygens (including phenoxy) is 3. The number of carbonyl (C=O) groups is 4. The number of non-ortho nitro benzene ring substituents is 1. The number of nitrogens with one attached hydrogen (secondary N) is 7. The number of anilines is 2. The van der Waals surface area contributed by atoms with Crippen LogP contribution in [0.2, 0.25) is 0 Å². The van der Waals surface area contributed by atoms with Gasteiger partial charge in [0, 0.05) is 95.1 Å². The summed E-state index contributed by atoms with van der Waals surface area (Å²) in [7, 11) is -8.03. The summed E-state index contributed by atoms with van der Waals surface area (Å²) in [4.78, 5) is 70.1. The highest BCUT2D eigenvalue weighted by Gasteiger charge is 2.32. The monoisotopic (exact) mass is 1430 g/mol. The van der Waals surface area contributed by atoms with E-state index in [9.17, 15) is 51.2 Å². The van der Waals surface area contributed by atoms with Crippen LogP contribution in [-0.4, -0.2) is 102 Å². The number of nitro groups is 1. The van der Waals surface area contributed by atoms with Crippen molar-refractivity contribution in [3.63, 3.8) is 0 Å². The van der Waals surface area contributed by atoms with E-state index in [1.165, 1.54) is 71.2 Å². The van der Waals surface area contributed by atoms with Crippen LogP contribution in [0.15, 0.2) is 131 Å². The van der Waals surface area contributed by atoms with E-state index in [0.29, 0.717) is 33.1 Å². The highest BCUT2D eigenvalue weighted by Crippen LogP contribution is 2.42.